The highest BCUT2D eigenvalue weighted by atomic mass is 16.3. The van der Waals surface area contributed by atoms with Gasteiger partial charge in [0, 0.05) is 21.5 Å². The van der Waals surface area contributed by atoms with Gasteiger partial charge in [-0.15, -0.1) is 0 Å². The molecule has 9 aromatic rings. The molecule has 2 N–H and O–H groups in total. The maximum absolute atomic E-state index is 6.47. The van der Waals surface area contributed by atoms with Gasteiger partial charge in [0.25, 0.3) is 0 Å². The Morgan fingerprint density at radius 1 is 0.440 bits per heavy atom. The molecule has 238 valence electrons. The predicted molar refractivity (Wildman–Crippen MR) is 203 cm³/mol. The minimum absolute atomic E-state index is 0.226. The van der Waals surface area contributed by atoms with E-state index in [1.165, 1.54) is 16.7 Å². The number of hydrogen-bond acceptors (Lipinski definition) is 5. The zero-order valence-electron chi connectivity index (χ0n) is 27.0. The number of nitrogens with one attached hydrogen (secondary N) is 2. The van der Waals surface area contributed by atoms with Crippen molar-refractivity contribution in [3.63, 3.8) is 0 Å². The lowest BCUT2D eigenvalue weighted by atomic mass is 10.00. The number of para-hydroxylation sites is 2. The highest BCUT2D eigenvalue weighted by Crippen LogP contribution is 2.37. The molecule has 0 bridgehead atoms. The van der Waals surface area contributed by atoms with E-state index >= 15 is 0 Å². The third-order valence-corrected chi connectivity index (χ3v) is 9.77. The van der Waals surface area contributed by atoms with Crippen LogP contribution in [-0.4, -0.2) is 5.84 Å². The minimum atomic E-state index is -0.353. The zero-order valence-corrected chi connectivity index (χ0v) is 27.0. The second-order valence-electron chi connectivity index (χ2n) is 12.8. The van der Waals surface area contributed by atoms with Gasteiger partial charge >= 0.3 is 0 Å². The summed E-state index contributed by atoms with van der Waals surface area (Å²) in [5.74, 6) is 0.769. The molecule has 2 atom stereocenters. The van der Waals surface area contributed by atoms with E-state index in [9.17, 15) is 0 Å². The fourth-order valence-corrected chi connectivity index (χ4v) is 7.27. The van der Waals surface area contributed by atoms with Crippen molar-refractivity contribution in [3.05, 3.63) is 180 Å². The Morgan fingerprint density at radius 2 is 1.12 bits per heavy atom. The van der Waals surface area contributed by atoms with Gasteiger partial charge in [0.1, 0.15) is 40.5 Å². The van der Waals surface area contributed by atoms with Crippen LogP contribution >= 0.6 is 0 Å². The minimum Gasteiger partial charge on any atom is -0.456 e. The molecule has 0 fully saturated rings. The van der Waals surface area contributed by atoms with Gasteiger partial charge in [-0.2, -0.15) is 0 Å². The Labute approximate surface area is 288 Å². The number of furan rings is 2. The van der Waals surface area contributed by atoms with Crippen molar-refractivity contribution in [2.45, 2.75) is 12.3 Å². The molecule has 50 heavy (non-hydrogen) atoms. The zero-order chi connectivity index (χ0) is 33.0. The fraction of sp³-hybridized carbons (Fsp3) is 0.0444. The molecule has 0 amide bonds. The normalized spacial score (nSPS) is 16.2. The van der Waals surface area contributed by atoms with E-state index in [2.05, 4.69) is 144 Å². The summed E-state index contributed by atoms with van der Waals surface area (Å²) in [7, 11) is 0. The fourth-order valence-electron chi connectivity index (χ4n) is 7.27. The Balaban J connectivity index is 1.09. The molecule has 2 aromatic heterocycles. The molecule has 1 aliphatic heterocycles. The van der Waals surface area contributed by atoms with Gasteiger partial charge in [0.2, 0.25) is 0 Å². The lowest BCUT2D eigenvalue weighted by Crippen LogP contribution is -2.45. The second-order valence-corrected chi connectivity index (χ2v) is 12.8. The predicted octanol–water partition coefficient (Wildman–Crippen LogP) is 11.2. The van der Waals surface area contributed by atoms with E-state index in [1.807, 2.05) is 30.3 Å². The summed E-state index contributed by atoms with van der Waals surface area (Å²) in [5.41, 5.74) is 11.1. The van der Waals surface area contributed by atoms with Crippen LogP contribution in [0.15, 0.2) is 178 Å². The van der Waals surface area contributed by atoms with Crippen LogP contribution in [0.4, 0.5) is 0 Å². The Kier molecular flexibility index (Phi) is 6.64. The van der Waals surface area contributed by atoms with Crippen molar-refractivity contribution in [3.8, 4) is 22.3 Å². The third kappa shape index (κ3) is 4.87. The van der Waals surface area contributed by atoms with E-state index < -0.39 is 0 Å². The first-order valence-electron chi connectivity index (χ1n) is 16.9. The van der Waals surface area contributed by atoms with Crippen LogP contribution < -0.4 is 10.6 Å². The quantitative estimate of drug-likeness (QED) is 0.195. The number of hydrogen-bond donors (Lipinski definition) is 2. The van der Waals surface area contributed by atoms with Crippen molar-refractivity contribution < 1.29 is 8.83 Å². The molecule has 7 aromatic carbocycles. The number of aliphatic imine (C=N–C) groups is 1. The van der Waals surface area contributed by atoms with E-state index in [-0.39, 0.29) is 12.3 Å². The lowest BCUT2D eigenvalue weighted by molar-refractivity contribution is 0.409. The first-order chi connectivity index (χ1) is 24.7. The first kappa shape index (κ1) is 28.6. The van der Waals surface area contributed by atoms with Gasteiger partial charge in [-0.05, 0) is 69.8 Å². The van der Waals surface area contributed by atoms with Crippen molar-refractivity contribution in [2.24, 2.45) is 4.99 Å². The summed E-state index contributed by atoms with van der Waals surface area (Å²) >= 11 is 0. The standard InChI is InChI=1S/C45H31N3O2/c1-3-11-28(12-4-1)30-15-9-16-32(25-30)43-46-44(48-45(47-43)37-19-10-18-36-34-17-7-8-20-39(34)50-42(36)37)33-21-23-35-38-26-31(29-13-5-2-6-14-29)22-24-40(38)49-41(35)27-33/h1-27,43-44,46H,(H,47,48). The van der Waals surface area contributed by atoms with Crippen molar-refractivity contribution >= 4 is 49.7 Å². The monoisotopic (exact) mass is 645 g/mol. The molecule has 0 spiro atoms. The van der Waals surface area contributed by atoms with Gasteiger partial charge in [0.15, 0.2) is 0 Å². The number of benzene rings is 7. The molecule has 2 unspecified atom stereocenters. The van der Waals surface area contributed by atoms with Crippen LogP contribution in [0.1, 0.15) is 29.0 Å². The summed E-state index contributed by atoms with van der Waals surface area (Å²) in [6.07, 6.45) is -0.579. The number of amidine groups is 1. The summed E-state index contributed by atoms with van der Waals surface area (Å²) in [6.45, 7) is 0. The third-order valence-electron chi connectivity index (χ3n) is 9.77. The van der Waals surface area contributed by atoms with Gasteiger partial charge in [0.05, 0.1) is 5.56 Å². The number of nitrogens with zero attached hydrogens (tertiary/aromatic N) is 1. The summed E-state index contributed by atoms with van der Waals surface area (Å²) < 4.78 is 12.9. The van der Waals surface area contributed by atoms with E-state index in [0.29, 0.717) is 0 Å². The smallest absolute Gasteiger partial charge is 0.146 e. The Bertz CT molecular complexity index is 2730. The Morgan fingerprint density at radius 3 is 1.96 bits per heavy atom. The van der Waals surface area contributed by atoms with Gasteiger partial charge < -0.3 is 14.2 Å². The molecule has 5 nitrogen and oxygen atoms in total. The van der Waals surface area contributed by atoms with Crippen LogP contribution in [0.25, 0.3) is 66.1 Å². The average molecular weight is 646 g/mol. The van der Waals surface area contributed by atoms with E-state index in [1.54, 1.807) is 0 Å². The highest BCUT2D eigenvalue weighted by Gasteiger charge is 2.28. The van der Waals surface area contributed by atoms with Crippen LogP contribution in [-0.2, 0) is 0 Å². The topological polar surface area (TPSA) is 62.7 Å². The van der Waals surface area contributed by atoms with Crippen LogP contribution in [0.5, 0.6) is 0 Å². The van der Waals surface area contributed by atoms with Crippen molar-refractivity contribution in [1.82, 2.24) is 10.6 Å². The molecule has 10 rings (SSSR count). The van der Waals surface area contributed by atoms with Gasteiger partial charge in [-0.3, -0.25) is 5.32 Å². The van der Waals surface area contributed by atoms with Gasteiger partial charge in [-0.25, -0.2) is 4.99 Å². The number of fused-ring (bicyclic) bond motifs is 6. The largest absolute Gasteiger partial charge is 0.456 e. The average Bonchev–Trinajstić information content (AvgIpc) is 3.76. The summed E-state index contributed by atoms with van der Waals surface area (Å²) in [5, 5.41) is 11.9. The SMILES string of the molecule is c1ccc(-c2cccc(C3NC(c4cccc5c4oc4ccccc45)=NC(c4ccc5c(c4)oc4ccc(-c6ccccc6)cc45)N3)c2)cc1. The summed E-state index contributed by atoms with van der Waals surface area (Å²) in [6, 6.07) is 56.9. The first-order valence-corrected chi connectivity index (χ1v) is 16.9. The Hall–Kier alpha value is -6.43. The molecule has 1 aliphatic rings. The molecule has 3 heterocycles. The molecule has 0 saturated carbocycles. The van der Waals surface area contributed by atoms with E-state index in [0.717, 1.165) is 72.0 Å². The van der Waals surface area contributed by atoms with Crippen molar-refractivity contribution in [1.29, 1.82) is 0 Å². The van der Waals surface area contributed by atoms with Gasteiger partial charge in [-0.1, -0.05) is 127 Å². The second kappa shape index (κ2) is 11.6. The lowest BCUT2D eigenvalue weighted by Gasteiger charge is -2.32. The maximum atomic E-state index is 6.47. The van der Waals surface area contributed by atoms with Crippen LogP contribution in [0, 0.1) is 0 Å². The maximum Gasteiger partial charge on any atom is 0.146 e. The highest BCUT2D eigenvalue weighted by molar-refractivity contribution is 6.15. The molecular weight excluding hydrogens is 615 g/mol. The molecule has 5 heteroatoms. The van der Waals surface area contributed by atoms with Crippen LogP contribution in [0.3, 0.4) is 0 Å². The molecule has 0 saturated heterocycles. The van der Waals surface area contributed by atoms with Crippen molar-refractivity contribution in [2.75, 3.05) is 0 Å². The molecule has 0 aliphatic carbocycles. The van der Waals surface area contributed by atoms with Crippen LogP contribution in [0.2, 0.25) is 0 Å². The molecular formula is C45H31N3O2. The number of rotatable bonds is 5. The summed E-state index contributed by atoms with van der Waals surface area (Å²) in [4.78, 5) is 5.31. The van der Waals surface area contributed by atoms with E-state index in [4.69, 9.17) is 13.8 Å². The molecule has 0 radical (unpaired) electrons.